The lowest BCUT2D eigenvalue weighted by Gasteiger charge is -2.00. The van der Waals surface area contributed by atoms with Crippen molar-refractivity contribution in [2.75, 3.05) is 0 Å². The lowest BCUT2D eigenvalue weighted by Crippen LogP contribution is -1.82. The zero-order valence-electron chi connectivity index (χ0n) is 8.24. The molecule has 16 heavy (non-hydrogen) atoms. The van der Waals surface area contributed by atoms with Crippen LogP contribution >= 0.6 is 0 Å². The Labute approximate surface area is 91.0 Å². The first-order valence-electron chi connectivity index (χ1n) is 4.81. The first-order valence-corrected chi connectivity index (χ1v) is 4.81. The number of pyridine rings is 1. The lowest BCUT2D eigenvalue weighted by atomic mass is 10.1. The highest BCUT2D eigenvalue weighted by Crippen LogP contribution is 2.21. The van der Waals surface area contributed by atoms with Gasteiger partial charge in [-0.15, -0.1) is 0 Å². The molecule has 0 aliphatic rings. The fourth-order valence-corrected chi connectivity index (χ4v) is 1.58. The molecule has 0 saturated heterocycles. The Kier molecular flexibility index (Phi) is 1.93. The summed E-state index contributed by atoms with van der Waals surface area (Å²) in [4.78, 5) is 11.0. The van der Waals surface area contributed by atoms with Gasteiger partial charge in [0, 0.05) is 11.8 Å². The third-order valence-corrected chi connectivity index (χ3v) is 2.40. The number of nitrogens with one attached hydrogen (secondary N) is 1. The van der Waals surface area contributed by atoms with E-state index in [0.717, 1.165) is 16.6 Å². The molecular weight excluding hydrogens is 205 g/mol. The molecule has 0 bridgehead atoms. The fourth-order valence-electron chi connectivity index (χ4n) is 1.58. The largest absolute Gasteiger partial charge is 0.320 e. The number of hydrogen-bond acceptors (Lipinski definition) is 2. The highest BCUT2D eigenvalue weighted by molar-refractivity contribution is 5.77. The smallest absolute Gasteiger partial charge is 0.175 e. The summed E-state index contributed by atoms with van der Waals surface area (Å²) >= 11 is 0. The maximum atomic E-state index is 12.8. The van der Waals surface area contributed by atoms with Crippen molar-refractivity contribution in [3.05, 3.63) is 48.7 Å². The molecule has 0 aliphatic carbocycles. The van der Waals surface area contributed by atoms with Gasteiger partial charge in [0.15, 0.2) is 12.0 Å². The second-order valence-electron chi connectivity index (χ2n) is 3.45. The Bertz CT molecular complexity index is 628. The number of H-pyrrole nitrogens is 1. The first kappa shape index (κ1) is 9.03. The second kappa shape index (κ2) is 3.41. The Morgan fingerprint density at radius 3 is 2.75 bits per heavy atom. The zero-order chi connectivity index (χ0) is 11.0. The maximum Gasteiger partial charge on any atom is 0.175 e. The van der Waals surface area contributed by atoms with E-state index in [0.29, 0.717) is 5.65 Å². The van der Waals surface area contributed by atoms with E-state index in [-0.39, 0.29) is 5.82 Å². The van der Waals surface area contributed by atoms with Crippen molar-refractivity contribution in [1.29, 1.82) is 0 Å². The maximum absolute atomic E-state index is 12.8. The topological polar surface area (TPSA) is 41.6 Å². The number of rotatable bonds is 1. The number of halogens is 1. The summed E-state index contributed by atoms with van der Waals surface area (Å²) in [6.07, 6.45) is 4.35. The molecule has 0 spiro atoms. The van der Waals surface area contributed by atoms with E-state index in [9.17, 15) is 4.39 Å². The normalized spacial score (nSPS) is 10.8. The summed E-state index contributed by atoms with van der Waals surface area (Å²) in [7, 11) is 0. The Balaban J connectivity index is 2.14. The highest BCUT2D eigenvalue weighted by atomic mass is 19.1. The highest BCUT2D eigenvalue weighted by Gasteiger charge is 2.02. The number of fused-ring (bicyclic) bond motifs is 1. The quantitative estimate of drug-likeness (QED) is 0.673. The van der Waals surface area contributed by atoms with Crippen LogP contribution in [0.5, 0.6) is 0 Å². The number of imidazole rings is 1. The van der Waals surface area contributed by atoms with Gasteiger partial charge in [0.2, 0.25) is 0 Å². The molecule has 0 fully saturated rings. The van der Waals surface area contributed by atoms with Crippen molar-refractivity contribution in [2.45, 2.75) is 0 Å². The first-order chi connectivity index (χ1) is 7.83. The molecular formula is C12H7FN3. The summed E-state index contributed by atoms with van der Waals surface area (Å²) in [5.74, 6) is -0.245. The molecule has 0 atom stereocenters. The van der Waals surface area contributed by atoms with Gasteiger partial charge in [0.05, 0.1) is 0 Å². The minimum Gasteiger partial charge on any atom is -0.320 e. The number of benzene rings is 1. The number of aromatic nitrogens is 3. The Morgan fingerprint density at radius 2 is 1.94 bits per heavy atom. The molecule has 3 rings (SSSR count). The second-order valence-corrected chi connectivity index (χ2v) is 3.45. The van der Waals surface area contributed by atoms with E-state index in [1.807, 2.05) is 6.07 Å². The molecule has 0 aliphatic heterocycles. The van der Waals surface area contributed by atoms with Gasteiger partial charge in [0.25, 0.3) is 0 Å². The van der Waals surface area contributed by atoms with E-state index in [1.165, 1.54) is 12.1 Å². The molecule has 0 amide bonds. The minimum absolute atomic E-state index is 0.245. The average molecular weight is 212 g/mol. The third kappa shape index (κ3) is 1.44. The summed E-state index contributed by atoms with van der Waals surface area (Å²) in [5.41, 5.74) is 3.28. The minimum atomic E-state index is -0.245. The fraction of sp³-hybridized carbons (Fsp3) is 0. The molecule has 3 nitrogen and oxygen atoms in total. The molecule has 0 saturated carbocycles. The number of hydrogen-bond donors (Lipinski definition) is 1. The summed E-state index contributed by atoms with van der Waals surface area (Å²) in [6.45, 7) is 0. The van der Waals surface area contributed by atoms with Crippen molar-refractivity contribution < 1.29 is 4.39 Å². The summed E-state index contributed by atoms with van der Waals surface area (Å²) in [5, 5.41) is 0. The Hall–Kier alpha value is -2.23. The molecule has 2 aromatic heterocycles. The van der Waals surface area contributed by atoms with Gasteiger partial charge in [-0.25, -0.2) is 14.4 Å². The zero-order valence-corrected chi connectivity index (χ0v) is 8.24. The molecule has 3 aromatic rings. The van der Waals surface area contributed by atoms with Crippen LogP contribution in [0, 0.1) is 12.1 Å². The van der Waals surface area contributed by atoms with Crippen LogP contribution in [0.4, 0.5) is 4.39 Å². The SMILES string of the molecule is Fc1ccc(-c2cnc3[nH][c]nc3c2)cc1. The van der Waals surface area contributed by atoms with Crippen LogP contribution in [-0.2, 0) is 0 Å². The summed E-state index contributed by atoms with van der Waals surface area (Å²) in [6, 6.07) is 8.18. The molecule has 0 unspecified atom stereocenters. The van der Waals surface area contributed by atoms with E-state index < -0.39 is 0 Å². The van der Waals surface area contributed by atoms with Gasteiger partial charge in [0.1, 0.15) is 11.3 Å². The number of aromatic amines is 1. The standard InChI is InChI=1S/C12H7FN3/c13-10-3-1-8(2-4-10)9-5-11-12(14-6-9)16-7-15-11/h1-6H,(H,14,15,16). The van der Waals surface area contributed by atoms with E-state index >= 15 is 0 Å². The van der Waals surface area contributed by atoms with Crippen molar-refractivity contribution in [3.63, 3.8) is 0 Å². The molecule has 4 heteroatoms. The molecule has 77 valence electrons. The molecule has 1 N–H and O–H groups in total. The van der Waals surface area contributed by atoms with Crippen molar-refractivity contribution in [1.82, 2.24) is 15.0 Å². The summed E-state index contributed by atoms with van der Waals surface area (Å²) < 4.78 is 12.8. The van der Waals surface area contributed by atoms with Gasteiger partial charge in [-0.3, -0.25) is 0 Å². The van der Waals surface area contributed by atoms with Gasteiger partial charge >= 0.3 is 0 Å². The van der Waals surface area contributed by atoms with Gasteiger partial charge in [-0.2, -0.15) is 0 Å². The van der Waals surface area contributed by atoms with Crippen molar-refractivity contribution in [3.8, 4) is 11.1 Å². The van der Waals surface area contributed by atoms with Gasteiger partial charge in [-0.1, -0.05) is 12.1 Å². The van der Waals surface area contributed by atoms with E-state index in [4.69, 9.17) is 0 Å². The van der Waals surface area contributed by atoms with Crippen LogP contribution in [0.15, 0.2) is 36.5 Å². The van der Waals surface area contributed by atoms with E-state index in [2.05, 4.69) is 21.3 Å². The molecule has 1 aromatic carbocycles. The monoisotopic (exact) mass is 212 g/mol. The third-order valence-electron chi connectivity index (χ3n) is 2.40. The lowest BCUT2D eigenvalue weighted by molar-refractivity contribution is 0.628. The predicted molar refractivity (Wildman–Crippen MR) is 58.1 cm³/mol. The molecule has 2 heterocycles. The van der Waals surface area contributed by atoms with Crippen molar-refractivity contribution in [2.24, 2.45) is 0 Å². The van der Waals surface area contributed by atoms with E-state index in [1.54, 1.807) is 18.3 Å². The van der Waals surface area contributed by atoms with Crippen LogP contribution < -0.4 is 0 Å². The van der Waals surface area contributed by atoms with Crippen LogP contribution in [-0.4, -0.2) is 15.0 Å². The van der Waals surface area contributed by atoms with Crippen LogP contribution in [0.1, 0.15) is 0 Å². The molecule has 1 radical (unpaired) electrons. The number of nitrogens with zero attached hydrogens (tertiary/aromatic N) is 2. The van der Waals surface area contributed by atoms with Gasteiger partial charge in [-0.05, 0) is 23.8 Å². The average Bonchev–Trinajstić information content (AvgIpc) is 2.77. The predicted octanol–water partition coefficient (Wildman–Crippen LogP) is 2.56. The van der Waals surface area contributed by atoms with Crippen LogP contribution in [0.3, 0.4) is 0 Å². The van der Waals surface area contributed by atoms with Gasteiger partial charge < -0.3 is 4.98 Å². The Morgan fingerprint density at radius 1 is 1.12 bits per heavy atom. The van der Waals surface area contributed by atoms with Crippen LogP contribution in [0.25, 0.3) is 22.3 Å². The van der Waals surface area contributed by atoms with Crippen LogP contribution in [0.2, 0.25) is 0 Å². The van der Waals surface area contributed by atoms with Crippen molar-refractivity contribution >= 4 is 11.2 Å².